The number of benzene rings is 1. The summed E-state index contributed by atoms with van der Waals surface area (Å²) in [6.45, 7) is 2.18. The minimum Gasteiger partial charge on any atom is -0.344 e. The van der Waals surface area contributed by atoms with Crippen LogP contribution in [-0.4, -0.2) is 17.6 Å². The summed E-state index contributed by atoms with van der Waals surface area (Å²) < 4.78 is 12.0. The predicted octanol–water partition coefficient (Wildman–Crippen LogP) is 2.36. The van der Waals surface area contributed by atoms with Crippen LogP contribution in [-0.2, 0) is 26.3 Å². The Kier molecular flexibility index (Phi) is 7.46. The summed E-state index contributed by atoms with van der Waals surface area (Å²) in [6.07, 6.45) is 0.859. The summed E-state index contributed by atoms with van der Waals surface area (Å²) in [5.74, 6) is 0. The smallest absolute Gasteiger partial charge is 0.344 e. The zero-order chi connectivity index (χ0) is 11.3. The van der Waals surface area contributed by atoms with Gasteiger partial charge in [-0.25, -0.2) is 0 Å². The molecule has 5 heteroatoms. The van der Waals surface area contributed by atoms with E-state index in [4.69, 9.17) is 5.73 Å². The fraction of sp³-hybridized carbons (Fsp3) is 0.455. The van der Waals surface area contributed by atoms with Gasteiger partial charge in [-0.3, -0.25) is 4.57 Å². The molecule has 0 saturated carbocycles. The topological polar surface area (TPSA) is 63.3 Å². The molecule has 0 spiro atoms. The first-order chi connectivity index (χ1) is 7.11. The fourth-order valence-corrected chi connectivity index (χ4v) is 3.29. The van der Waals surface area contributed by atoms with Gasteiger partial charge in [0, 0.05) is 6.16 Å². The Morgan fingerprint density at radius 1 is 1.38 bits per heavy atom. The first kappa shape index (κ1) is 16.1. The largest absolute Gasteiger partial charge is 4.00 e. The fourth-order valence-electron chi connectivity index (χ4n) is 1.65. The quantitative estimate of drug-likeness (QED) is 0.640. The minimum absolute atomic E-state index is 0. The van der Waals surface area contributed by atoms with E-state index in [1.54, 1.807) is 6.92 Å². The molecule has 0 saturated heterocycles. The van der Waals surface area contributed by atoms with Crippen LogP contribution >= 0.6 is 7.37 Å². The Labute approximate surface area is 112 Å². The normalized spacial score (nSPS) is 15.9. The van der Waals surface area contributed by atoms with Crippen LogP contribution in [0.15, 0.2) is 30.3 Å². The summed E-state index contributed by atoms with van der Waals surface area (Å²) in [7, 11) is -3.10. The summed E-state index contributed by atoms with van der Waals surface area (Å²) in [5.41, 5.74) is 6.09. The van der Waals surface area contributed by atoms with Crippen molar-refractivity contribution in [2.24, 2.45) is 5.73 Å². The molecular formula is C11H18NO2PTi+4. The third kappa shape index (κ3) is 4.16. The second-order valence-corrected chi connectivity index (χ2v) is 6.34. The number of nitrogens with two attached hydrogens (primary N) is 1. The van der Waals surface area contributed by atoms with Crippen LogP contribution in [0.5, 0.6) is 0 Å². The zero-order valence-corrected chi connectivity index (χ0v) is 11.9. The number of rotatable bonds is 5. The van der Waals surface area contributed by atoms with E-state index >= 15 is 0 Å². The van der Waals surface area contributed by atoms with Gasteiger partial charge in [-0.15, -0.1) is 0 Å². The molecule has 0 bridgehead atoms. The van der Waals surface area contributed by atoms with Crippen molar-refractivity contribution >= 4 is 7.37 Å². The minimum atomic E-state index is -3.10. The molecule has 0 aliphatic carbocycles. The molecule has 1 rings (SSSR count). The van der Waals surface area contributed by atoms with Crippen LogP contribution in [0.1, 0.15) is 24.6 Å². The molecule has 0 aromatic heterocycles. The molecule has 2 atom stereocenters. The Balaban J connectivity index is 0.00000225. The Bertz CT molecular complexity index is 345. The standard InChI is InChI=1S/C11H18NO2P.Ti/c1-2-15(13,14)11(8-9-12)10-6-4-3-5-7-10;/h3-7,11H,2,8-9,12H2,1H3,(H,13,14);/q;+4. The first-order valence-electron chi connectivity index (χ1n) is 5.18. The van der Waals surface area contributed by atoms with E-state index in [9.17, 15) is 9.46 Å². The monoisotopic (exact) mass is 275 g/mol. The van der Waals surface area contributed by atoms with Crippen LogP contribution in [0.2, 0.25) is 0 Å². The van der Waals surface area contributed by atoms with Gasteiger partial charge < -0.3 is 10.6 Å². The van der Waals surface area contributed by atoms with Gasteiger partial charge in [-0.05, 0) is 18.5 Å². The van der Waals surface area contributed by atoms with E-state index in [-0.39, 0.29) is 27.4 Å². The van der Waals surface area contributed by atoms with Crippen molar-refractivity contribution in [3.63, 3.8) is 0 Å². The van der Waals surface area contributed by atoms with E-state index in [0.717, 1.165) is 5.56 Å². The molecule has 0 amide bonds. The molecule has 0 aliphatic rings. The van der Waals surface area contributed by atoms with Crippen molar-refractivity contribution in [3.05, 3.63) is 35.9 Å². The van der Waals surface area contributed by atoms with Gasteiger partial charge in [-0.1, -0.05) is 37.3 Å². The van der Waals surface area contributed by atoms with Crippen molar-refractivity contribution in [2.45, 2.75) is 19.0 Å². The van der Waals surface area contributed by atoms with Crippen LogP contribution in [0.4, 0.5) is 0 Å². The summed E-state index contributed by atoms with van der Waals surface area (Å²) in [5, 5.41) is 0. The molecule has 3 nitrogen and oxygen atoms in total. The van der Waals surface area contributed by atoms with Gasteiger partial charge >= 0.3 is 21.7 Å². The second kappa shape index (κ2) is 7.42. The van der Waals surface area contributed by atoms with Crippen molar-refractivity contribution in [3.8, 4) is 0 Å². The third-order valence-corrected chi connectivity index (χ3v) is 5.00. The number of hydrogen-bond acceptors (Lipinski definition) is 2. The van der Waals surface area contributed by atoms with Gasteiger partial charge in [0.1, 0.15) is 0 Å². The molecule has 0 heterocycles. The Morgan fingerprint density at radius 2 is 1.94 bits per heavy atom. The van der Waals surface area contributed by atoms with Gasteiger partial charge in [0.25, 0.3) is 0 Å². The predicted molar refractivity (Wildman–Crippen MR) is 63.2 cm³/mol. The Hall–Kier alpha value is 0.0843. The summed E-state index contributed by atoms with van der Waals surface area (Å²) in [6, 6.07) is 9.44. The SMILES string of the molecule is CCP(=O)(O)C(CCN)c1ccccc1.[Ti+4]. The molecule has 84 valence electrons. The van der Waals surface area contributed by atoms with Crippen molar-refractivity contribution in [2.75, 3.05) is 12.7 Å². The average Bonchev–Trinajstić information content (AvgIpc) is 2.27. The molecule has 1 aromatic rings. The first-order valence-corrected chi connectivity index (χ1v) is 7.09. The van der Waals surface area contributed by atoms with E-state index in [2.05, 4.69) is 0 Å². The molecule has 0 aliphatic heterocycles. The van der Waals surface area contributed by atoms with Gasteiger partial charge in [-0.2, -0.15) is 0 Å². The van der Waals surface area contributed by atoms with Crippen LogP contribution in [0, 0.1) is 0 Å². The third-order valence-electron chi connectivity index (χ3n) is 2.56. The Morgan fingerprint density at radius 3 is 2.38 bits per heavy atom. The van der Waals surface area contributed by atoms with Crippen molar-refractivity contribution in [1.82, 2.24) is 0 Å². The van der Waals surface area contributed by atoms with Crippen LogP contribution in [0.3, 0.4) is 0 Å². The van der Waals surface area contributed by atoms with E-state index in [1.807, 2.05) is 30.3 Å². The number of hydrogen-bond donors (Lipinski definition) is 2. The summed E-state index contributed by atoms with van der Waals surface area (Å²) in [4.78, 5) is 9.87. The molecule has 0 fully saturated rings. The van der Waals surface area contributed by atoms with E-state index < -0.39 is 7.37 Å². The van der Waals surface area contributed by atoms with E-state index in [0.29, 0.717) is 19.1 Å². The molecular weight excluding hydrogens is 257 g/mol. The van der Waals surface area contributed by atoms with Crippen molar-refractivity contribution < 1.29 is 31.2 Å². The van der Waals surface area contributed by atoms with Crippen LogP contribution < -0.4 is 5.73 Å². The molecule has 1 aromatic carbocycles. The van der Waals surface area contributed by atoms with Gasteiger partial charge in [0.15, 0.2) is 0 Å². The molecule has 2 unspecified atom stereocenters. The maximum absolute atomic E-state index is 12.0. The average molecular weight is 275 g/mol. The second-order valence-electron chi connectivity index (χ2n) is 3.58. The summed E-state index contributed by atoms with van der Waals surface area (Å²) >= 11 is 0. The maximum atomic E-state index is 12.0. The molecule has 16 heavy (non-hydrogen) atoms. The van der Waals surface area contributed by atoms with Crippen LogP contribution in [0.25, 0.3) is 0 Å². The van der Waals surface area contributed by atoms with Gasteiger partial charge in [0.05, 0.1) is 5.66 Å². The van der Waals surface area contributed by atoms with Crippen molar-refractivity contribution in [1.29, 1.82) is 0 Å². The molecule has 0 radical (unpaired) electrons. The van der Waals surface area contributed by atoms with E-state index in [1.165, 1.54) is 0 Å². The maximum Gasteiger partial charge on any atom is 4.00 e. The molecule has 3 N–H and O–H groups in total. The zero-order valence-electron chi connectivity index (χ0n) is 9.47. The van der Waals surface area contributed by atoms with Gasteiger partial charge in [0.2, 0.25) is 7.37 Å².